The molecule has 2 aliphatic carbocycles. The summed E-state index contributed by atoms with van der Waals surface area (Å²) >= 11 is 0. The summed E-state index contributed by atoms with van der Waals surface area (Å²) in [5.74, 6) is 0.825. The molecule has 1 fully saturated rings. The largest absolute Gasteiger partial charge is 0.0621 e. The molecule has 0 aromatic heterocycles. The van der Waals surface area contributed by atoms with Crippen LogP contribution >= 0.6 is 0 Å². The average molecular weight is 373 g/mol. The smallest absolute Gasteiger partial charge is 0.00548 e. The van der Waals surface area contributed by atoms with Crippen LogP contribution in [0.1, 0.15) is 89.5 Å². The highest BCUT2D eigenvalue weighted by molar-refractivity contribution is 5.81. The Bertz CT molecular complexity index is 874. The SMILES string of the molecule is CC(C)(C)c1cc(-c2cccc3c2C=C(C2CCCC2)C3)cc(C(C)(C)C)c1. The van der Waals surface area contributed by atoms with Crippen molar-refractivity contribution in [2.24, 2.45) is 5.92 Å². The van der Waals surface area contributed by atoms with Gasteiger partial charge in [-0.25, -0.2) is 0 Å². The summed E-state index contributed by atoms with van der Waals surface area (Å²) in [6, 6.07) is 14.2. The first kappa shape index (κ1) is 19.5. The Morgan fingerprint density at radius 2 is 1.39 bits per heavy atom. The molecule has 0 heteroatoms. The summed E-state index contributed by atoms with van der Waals surface area (Å²) < 4.78 is 0. The molecular formula is C28H36. The fourth-order valence-corrected chi connectivity index (χ4v) is 4.85. The van der Waals surface area contributed by atoms with Gasteiger partial charge in [-0.05, 0) is 69.4 Å². The highest BCUT2D eigenvalue weighted by atomic mass is 14.3. The van der Waals surface area contributed by atoms with Gasteiger partial charge in [0.05, 0.1) is 0 Å². The third-order valence-corrected chi connectivity index (χ3v) is 6.78. The van der Waals surface area contributed by atoms with E-state index < -0.39 is 0 Å². The van der Waals surface area contributed by atoms with E-state index >= 15 is 0 Å². The van der Waals surface area contributed by atoms with Crippen molar-refractivity contribution in [1.29, 1.82) is 0 Å². The molecule has 0 N–H and O–H groups in total. The zero-order valence-corrected chi connectivity index (χ0v) is 18.7. The van der Waals surface area contributed by atoms with E-state index in [0.717, 1.165) is 5.92 Å². The minimum absolute atomic E-state index is 0.152. The Morgan fingerprint density at radius 3 is 1.96 bits per heavy atom. The van der Waals surface area contributed by atoms with Gasteiger partial charge < -0.3 is 0 Å². The third kappa shape index (κ3) is 3.71. The normalized spacial score (nSPS) is 17.7. The predicted octanol–water partition coefficient (Wildman–Crippen LogP) is 8.08. The Balaban J connectivity index is 1.84. The molecule has 0 radical (unpaired) electrons. The Morgan fingerprint density at radius 1 is 0.786 bits per heavy atom. The van der Waals surface area contributed by atoms with E-state index in [0.29, 0.717) is 0 Å². The van der Waals surface area contributed by atoms with Gasteiger partial charge in [-0.15, -0.1) is 0 Å². The second kappa shape index (κ2) is 6.90. The molecule has 148 valence electrons. The van der Waals surface area contributed by atoms with Crippen molar-refractivity contribution in [2.45, 2.75) is 84.5 Å². The van der Waals surface area contributed by atoms with Crippen molar-refractivity contribution in [3.8, 4) is 11.1 Å². The van der Waals surface area contributed by atoms with Crippen molar-refractivity contribution in [3.05, 3.63) is 64.2 Å². The van der Waals surface area contributed by atoms with Crippen LogP contribution in [0.3, 0.4) is 0 Å². The molecule has 0 nitrogen and oxygen atoms in total. The second-order valence-corrected chi connectivity index (χ2v) is 11.1. The maximum atomic E-state index is 2.54. The number of hydrogen-bond donors (Lipinski definition) is 0. The Hall–Kier alpha value is -1.82. The van der Waals surface area contributed by atoms with Gasteiger partial charge in [0.1, 0.15) is 0 Å². The quantitative estimate of drug-likeness (QED) is 0.500. The number of allylic oxidation sites excluding steroid dienone is 1. The van der Waals surface area contributed by atoms with Crippen LogP contribution in [0.2, 0.25) is 0 Å². The lowest BCUT2D eigenvalue weighted by molar-refractivity contribution is 0.569. The van der Waals surface area contributed by atoms with Gasteiger partial charge in [-0.2, -0.15) is 0 Å². The van der Waals surface area contributed by atoms with E-state index in [9.17, 15) is 0 Å². The molecule has 4 rings (SSSR count). The van der Waals surface area contributed by atoms with Gasteiger partial charge >= 0.3 is 0 Å². The highest BCUT2D eigenvalue weighted by Gasteiger charge is 2.26. The van der Waals surface area contributed by atoms with Crippen molar-refractivity contribution in [1.82, 2.24) is 0 Å². The number of benzene rings is 2. The maximum absolute atomic E-state index is 2.54. The number of hydrogen-bond acceptors (Lipinski definition) is 0. The summed E-state index contributed by atoms with van der Waals surface area (Å²) in [4.78, 5) is 0. The molecular weight excluding hydrogens is 336 g/mol. The first-order chi connectivity index (χ1) is 13.1. The van der Waals surface area contributed by atoms with Crippen LogP contribution < -0.4 is 0 Å². The van der Waals surface area contributed by atoms with Crippen LogP contribution in [0, 0.1) is 5.92 Å². The monoisotopic (exact) mass is 372 g/mol. The van der Waals surface area contributed by atoms with Crippen LogP contribution in [-0.4, -0.2) is 0 Å². The third-order valence-electron chi connectivity index (χ3n) is 6.78. The zero-order chi connectivity index (χ0) is 20.1. The molecule has 0 unspecified atom stereocenters. The van der Waals surface area contributed by atoms with Crippen LogP contribution in [0.25, 0.3) is 17.2 Å². The number of rotatable bonds is 2. The van der Waals surface area contributed by atoms with E-state index in [-0.39, 0.29) is 10.8 Å². The first-order valence-corrected chi connectivity index (χ1v) is 11.1. The van der Waals surface area contributed by atoms with Gasteiger partial charge in [0, 0.05) is 0 Å². The molecule has 1 saturated carbocycles. The Kier molecular flexibility index (Phi) is 4.81. The average Bonchev–Trinajstić information content (AvgIpc) is 3.28. The topological polar surface area (TPSA) is 0 Å². The lowest BCUT2D eigenvalue weighted by Crippen LogP contribution is -2.16. The molecule has 0 heterocycles. The van der Waals surface area contributed by atoms with E-state index in [1.807, 2.05) is 0 Å². The van der Waals surface area contributed by atoms with Crippen molar-refractivity contribution < 1.29 is 0 Å². The molecule has 0 saturated heterocycles. The molecule has 2 aliphatic rings. The molecule has 2 aromatic carbocycles. The van der Waals surface area contributed by atoms with Crippen LogP contribution in [0.5, 0.6) is 0 Å². The van der Waals surface area contributed by atoms with Gasteiger partial charge in [0.2, 0.25) is 0 Å². The zero-order valence-electron chi connectivity index (χ0n) is 18.7. The molecule has 0 aliphatic heterocycles. The fourth-order valence-electron chi connectivity index (χ4n) is 4.85. The van der Waals surface area contributed by atoms with E-state index in [4.69, 9.17) is 0 Å². The molecule has 28 heavy (non-hydrogen) atoms. The second-order valence-electron chi connectivity index (χ2n) is 11.1. The Labute approximate surface area is 172 Å². The highest BCUT2D eigenvalue weighted by Crippen LogP contribution is 2.42. The minimum atomic E-state index is 0.152. The molecule has 0 atom stereocenters. The maximum Gasteiger partial charge on any atom is -0.00548 e. The first-order valence-electron chi connectivity index (χ1n) is 11.1. The van der Waals surface area contributed by atoms with Gasteiger partial charge in [-0.3, -0.25) is 0 Å². The van der Waals surface area contributed by atoms with E-state index in [1.54, 1.807) is 5.57 Å². The van der Waals surface area contributed by atoms with Crippen LogP contribution in [0.15, 0.2) is 42.0 Å². The lowest BCUT2D eigenvalue weighted by Gasteiger charge is -2.26. The summed E-state index contributed by atoms with van der Waals surface area (Å²) in [6.45, 7) is 14.0. The van der Waals surface area contributed by atoms with Gasteiger partial charge in [0.15, 0.2) is 0 Å². The van der Waals surface area contributed by atoms with E-state index in [1.165, 1.54) is 65.5 Å². The lowest BCUT2D eigenvalue weighted by atomic mass is 9.78. The molecule has 0 bridgehead atoms. The summed E-state index contributed by atoms with van der Waals surface area (Å²) in [5, 5.41) is 0. The van der Waals surface area contributed by atoms with Gasteiger partial charge in [-0.1, -0.05) is 102 Å². The number of fused-ring (bicyclic) bond motifs is 1. The summed E-state index contributed by atoms with van der Waals surface area (Å²) in [6.07, 6.45) is 9.31. The minimum Gasteiger partial charge on any atom is -0.0621 e. The van der Waals surface area contributed by atoms with E-state index in [2.05, 4.69) is 84.0 Å². The van der Waals surface area contributed by atoms with Crippen LogP contribution in [0.4, 0.5) is 0 Å². The molecule has 0 amide bonds. The molecule has 0 spiro atoms. The molecule has 2 aromatic rings. The van der Waals surface area contributed by atoms with Crippen molar-refractivity contribution in [2.75, 3.05) is 0 Å². The predicted molar refractivity (Wildman–Crippen MR) is 123 cm³/mol. The fraction of sp³-hybridized carbons (Fsp3) is 0.500. The van der Waals surface area contributed by atoms with Gasteiger partial charge in [0.25, 0.3) is 0 Å². The summed E-state index contributed by atoms with van der Waals surface area (Å²) in [7, 11) is 0. The standard InChI is InChI=1S/C28H36/c1-27(2,3)23-15-22(16-24(18-23)28(4,5)6)25-13-9-12-20-14-21(17-26(20)25)19-10-7-8-11-19/h9,12-13,15-19H,7-8,10-11,14H2,1-6H3. The van der Waals surface area contributed by atoms with Crippen molar-refractivity contribution in [3.63, 3.8) is 0 Å². The van der Waals surface area contributed by atoms with Crippen molar-refractivity contribution >= 4 is 6.08 Å². The van der Waals surface area contributed by atoms with Crippen LogP contribution in [-0.2, 0) is 17.3 Å². The summed E-state index contributed by atoms with van der Waals surface area (Å²) in [5.41, 5.74) is 10.7.